The maximum atomic E-state index is 12.5. The number of rotatable bonds is 3. The van der Waals surface area contributed by atoms with E-state index >= 15 is 0 Å². The lowest BCUT2D eigenvalue weighted by molar-refractivity contribution is -0.384. The molecule has 0 aliphatic carbocycles. The third-order valence-electron chi connectivity index (χ3n) is 2.20. The predicted octanol–water partition coefficient (Wildman–Crippen LogP) is 2.74. The molecule has 1 aromatic heterocycles. The zero-order valence-corrected chi connectivity index (χ0v) is 8.61. The van der Waals surface area contributed by atoms with Crippen LogP contribution in [-0.2, 0) is 0 Å². The maximum Gasteiger partial charge on any atom is 0.271 e. The summed E-state index contributed by atoms with van der Waals surface area (Å²) in [5.41, 5.74) is 0.470. The first-order chi connectivity index (χ1) is 7.67. The van der Waals surface area contributed by atoms with E-state index in [-0.39, 0.29) is 18.0 Å². The van der Waals surface area contributed by atoms with Crippen LogP contribution in [0.4, 0.5) is 9.57 Å². The van der Waals surface area contributed by atoms with Crippen LogP contribution in [0, 0.1) is 10.1 Å². The van der Waals surface area contributed by atoms with E-state index in [1.165, 1.54) is 24.4 Å². The molecule has 7 heteroatoms. The molecule has 2 aromatic rings. The van der Waals surface area contributed by atoms with Gasteiger partial charge in [0.1, 0.15) is 0 Å². The fourth-order valence-corrected chi connectivity index (χ4v) is 1.86. The summed E-state index contributed by atoms with van der Waals surface area (Å²) in [5.74, 6) is 0. The molecule has 82 valence electrons. The Morgan fingerprint density at radius 3 is 2.81 bits per heavy atom. The van der Waals surface area contributed by atoms with Crippen molar-refractivity contribution >= 4 is 35.2 Å². The van der Waals surface area contributed by atoms with Gasteiger partial charge in [0.15, 0.2) is 18.6 Å². The number of fused-ring (bicyclic) bond motifs is 1. The van der Waals surface area contributed by atoms with Crippen molar-refractivity contribution in [3.05, 3.63) is 40.1 Å². The molecule has 0 aliphatic rings. The molecule has 0 aliphatic heterocycles. The average Bonchev–Trinajstić information content (AvgIpc) is 2.65. The molecule has 0 saturated carbocycles. The largest absolute Gasteiger partial charge is 0.298 e. The Morgan fingerprint density at radius 1 is 1.50 bits per heavy atom. The van der Waals surface area contributed by atoms with Gasteiger partial charge in [-0.25, -0.2) is 0 Å². The first kappa shape index (κ1) is 10.6. The van der Waals surface area contributed by atoms with Gasteiger partial charge < -0.3 is 0 Å². The van der Waals surface area contributed by atoms with E-state index in [9.17, 15) is 18.8 Å². The van der Waals surface area contributed by atoms with Crippen molar-refractivity contribution in [1.82, 2.24) is 3.97 Å². The van der Waals surface area contributed by atoms with Gasteiger partial charge in [-0.05, 0) is 6.07 Å². The van der Waals surface area contributed by atoms with Crippen molar-refractivity contribution < 1.29 is 13.6 Å². The Balaban J connectivity index is 2.76. The SMILES string of the molecule is O=Cc1cn(SF)c2cc([N+](=O)[O-])ccc12. The highest BCUT2D eigenvalue weighted by Crippen LogP contribution is 2.28. The summed E-state index contributed by atoms with van der Waals surface area (Å²) in [6.45, 7) is 0. The highest BCUT2D eigenvalue weighted by molar-refractivity contribution is 7.92. The number of non-ortho nitro benzene ring substituents is 1. The van der Waals surface area contributed by atoms with Gasteiger partial charge in [-0.1, -0.05) is 0 Å². The number of benzene rings is 1. The Kier molecular flexibility index (Phi) is 2.61. The number of carbonyl (C=O) groups is 1. The molecule has 0 saturated heterocycles. The number of hydrogen-bond acceptors (Lipinski definition) is 4. The fraction of sp³-hybridized carbons (Fsp3) is 0. The molecule has 0 bridgehead atoms. The lowest BCUT2D eigenvalue weighted by Crippen LogP contribution is -1.88. The van der Waals surface area contributed by atoms with Gasteiger partial charge in [-0.15, -0.1) is 3.89 Å². The average molecular weight is 240 g/mol. The Morgan fingerprint density at radius 2 is 2.25 bits per heavy atom. The number of aromatic nitrogens is 1. The molecule has 0 N–H and O–H groups in total. The van der Waals surface area contributed by atoms with Gasteiger partial charge in [0.25, 0.3) is 5.69 Å². The van der Waals surface area contributed by atoms with E-state index in [0.29, 0.717) is 22.8 Å². The maximum absolute atomic E-state index is 12.5. The smallest absolute Gasteiger partial charge is 0.271 e. The highest BCUT2D eigenvalue weighted by atomic mass is 32.2. The van der Waals surface area contributed by atoms with Crippen molar-refractivity contribution in [3.63, 3.8) is 0 Å². The van der Waals surface area contributed by atoms with Crippen molar-refractivity contribution in [3.8, 4) is 0 Å². The van der Waals surface area contributed by atoms with Crippen molar-refractivity contribution in [2.45, 2.75) is 0 Å². The van der Waals surface area contributed by atoms with E-state index in [4.69, 9.17) is 0 Å². The normalized spacial score (nSPS) is 10.6. The summed E-state index contributed by atoms with van der Waals surface area (Å²) < 4.78 is 13.6. The van der Waals surface area contributed by atoms with E-state index in [1.807, 2.05) is 0 Å². The first-order valence-corrected chi connectivity index (χ1v) is 4.88. The third kappa shape index (κ3) is 1.54. The molecule has 0 amide bonds. The van der Waals surface area contributed by atoms with Crippen LogP contribution in [0.5, 0.6) is 0 Å². The fourth-order valence-electron chi connectivity index (χ4n) is 1.48. The highest BCUT2D eigenvalue weighted by Gasteiger charge is 2.13. The van der Waals surface area contributed by atoms with Crippen LogP contribution < -0.4 is 0 Å². The molecule has 5 nitrogen and oxygen atoms in total. The van der Waals surface area contributed by atoms with Gasteiger partial charge in [-0.2, -0.15) is 0 Å². The molecule has 1 aromatic carbocycles. The molecule has 2 rings (SSSR count). The molecule has 0 radical (unpaired) electrons. The summed E-state index contributed by atoms with van der Waals surface area (Å²) in [6.07, 6.45) is 1.88. The van der Waals surface area contributed by atoms with Gasteiger partial charge >= 0.3 is 0 Å². The number of hydrogen-bond donors (Lipinski definition) is 0. The lowest BCUT2D eigenvalue weighted by atomic mass is 10.2. The Hall–Kier alpha value is -1.89. The van der Waals surface area contributed by atoms with Gasteiger partial charge in [0, 0.05) is 29.3 Å². The lowest BCUT2D eigenvalue weighted by Gasteiger charge is -1.96. The van der Waals surface area contributed by atoms with Crippen LogP contribution >= 0.6 is 12.3 Å². The zero-order chi connectivity index (χ0) is 11.7. The predicted molar refractivity (Wildman–Crippen MR) is 58.1 cm³/mol. The molecule has 0 atom stereocenters. The van der Waals surface area contributed by atoms with Crippen molar-refractivity contribution in [2.24, 2.45) is 0 Å². The van der Waals surface area contributed by atoms with Crippen molar-refractivity contribution in [2.75, 3.05) is 0 Å². The molecule has 0 unspecified atom stereocenters. The minimum atomic E-state index is -0.569. The van der Waals surface area contributed by atoms with Crippen LogP contribution in [0.2, 0.25) is 0 Å². The van der Waals surface area contributed by atoms with E-state index < -0.39 is 4.92 Å². The second-order valence-corrected chi connectivity index (χ2v) is 3.59. The van der Waals surface area contributed by atoms with Crippen LogP contribution in [0.15, 0.2) is 24.4 Å². The first-order valence-electron chi connectivity index (χ1n) is 4.21. The van der Waals surface area contributed by atoms with Gasteiger partial charge in [0.2, 0.25) is 0 Å². The Labute approximate surface area is 93.4 Å². The second kappa shape index (κ2) is 3.93. The number of aldehydes is 1. The summed E-state index contributed by atoms with van der Waals surface area (Å²) >= 11 is -0.110. The molecule has 0 spiro atoms. The van der Waals surface area contributed by atoms with Crippen molar-refractivity contribution in [1.29, 1.82) is 0 Å². The second-order valence-electron chi connectivity index (χ2n) is 3.06. The van der Waals surface area contributed by atoms with E-state index in [1.54, 1.807) is 0 Å². The van der Waals surface area contributed by atoms with E-state index in [0.717, 1.165) is 3.97 Å². The van der Waals surface area contributed by atoms with E-state index in [2.05, 4.69) is 0 Å². The number of carbonyl (C=O) groups excluding carboxylic acids is 1. The summed E-state index contributed by atoms with van der Waals surface area (Å²) in [6, 6.07) is 3.95. The van der Waals surface area contributed by atoms with Crippen LogP contribution in [0.1, 0.15) is 10.4 Å². The minimum absolute atomic E-state index is 0.110. The number of nitrogens with zero attached hydrogens (tertiary/aromatic N) is 2. The third-order valence-corrected chi connectivity index (χ3v) is 2.65. The molecule has 16 heavy (non-hydrogen) atoms. The minimum Gasteiger partial charge on any atom is -0.298 e. The topological polar surface area (TPSA) is 65.1 Å². The zero-order valence-electron chi connectivity index (χ0n) is 7.79. The summed E-state index contributed by atoms with van der Waals surface area (Å²) in [7, 11) is 0. The summed E-state index contributed by atoms with van der Waals surface area (Å²) in [5, 5.41) is 11.0. The molecule has 0 fully saturated rings. The van der Waals surface area contributed by atoms with Gasteiger partial charge in [-0.3, -0.25) is 18.9 Å². The van der Waals surface area contributed by atoms with Gasteiger partial charge in [0.05, 0.1) is 10.4 Å². The van der Waals surface area contributed by atoms with Crippen LogP contribution in [0.3, 0.4) is 0 Å². The van der Waals surface area contributed by atoms with Crippen LogP contribution in [-0.4, -0.2) is 15.2 Å². The summed E-state index contributed by atoms with van der Waals surface area (Å²) in [4.78, 5) is 20.7. The molecular formula is C9H5FN2O3S. The Bertz CT molecular complexity index is 581. The number of halogens is 1. The standard InChI is InChI=1S/C9H5FN2O3S/c10-16-11-4-6(5-13)8-2-1-7(12(14)15)3-9(8)11/h1-5H. The number of nitro benzene ring substituents is 1. The molecule has 1 heterocycles. The monoisotopic (exact) mass is 240 g/mol. The van der Waals surface area contributed by atoms with Crippen LogP contribution in [0.25, 0.3) is 10.9 Å². The quantitative estimate of drug-likeness (QED) is 0.470. The molecular weight excluding hydrogens is 235 g/mol. The number of nitro groups is 1.